The van der Waals surface area contributed by atoms with Crippen LogP contribution in [0.15, 0.2) is 54.7 Å². The van der Waals surface area contributed by atoms with Crippen LogP contribution in [0, 0.1) is 11.6 Å². The molecule has 31 heavy (non-hydrogen) atoms. The third kappa shape index (κ3) is 4.50. The normalized spacial score (nSPS) is 14.1. The van der Waals surface area contributed by atoms with Crippen molar-refractivity contribution in [2.75, 3.05) is 16.8 Å². The van der Waals surface area contributed by atoms with Crippen molar-refractivity contribution >= 4 is 17.5 Å². The van der Waals surface area contributed by atoms with E-state index >= 15 is 0 Å². The molecule has 160 valence electrons. The molecule has 0 saturated heterocycles. The van der Waals surface area contributed by atoms with Gasteiger partial charge in [-0.05, 0) is 66.8 Å². The second-order valence-electron chi connectivity index (χ2n) is 7.73. The largest absolute Gasteiger partial charge is 0.478 e. The van der Waals surface area contributed by atoms with E-state index in [-0.39, 0.29) is 11.6 Å². The number of hydrogen-bond donors (Lipinski definition) is 2. The van der Waals surface area contributed by atoms with Crippen LogP contribution in [-0.4, -0.2) is 22.6 Å². The number of hydrogen-bond acceptors (Lipinski definition) is 4. The Morgan fingerprint density at radius 1 is 1.16 bits per heavy atom. The Morgan fingerprint density at radius 3 is 2.65 bits per heavy atom. The maximum atomic E-state index is 13.7. The predicted molar refractivity (Wildman–Crippen MR) is 115 cm³/mol. The van der Waals surface area contributed by atoms with Gasteiger partial charge in [0.05, 0.1) is 17.3 Å². The maximum Gasteiger partial charge on any atom is 0.335 e. The number of carbonyl (C=O) groups is 1. The zero-order chi connectivity index (χ0) is 22.0. The van der Waals surface area contributed by atoms with Crippen molar-refractivity contribution in [1.82, 2.24) is 4.98 Å². The molecule has 5 nitrogen and oxygen atoms in total. The Morgan fingerprint density at radius 2 is 1.94 bits per heavy atom. The molecule has 2 heterocycles. The minimum Gasteiger partial charge on any atom is -0.478 e. The average Bonchev–Trinajstić information content (AvgIpc) is 2.76. The van der Waals surface area contributed by atoms with E-state index in [2.05, 4.69) is 15.2 Å². The molecule has 4 rings (SSSR count). The molecule has 0 aliphatic carbocycles. The average molecular weight is 423 g/mol. The van der Waals surface area contributed by atoms with Gasteiger partial charge in [0.2, 0.25) is 0 Å². The van der Waals surface area contributed by atoms with Crippen LogP contribution in [-0.2, 0) is 13.0 Å². The molecule has 0 radical (unpaired) electrons. The van der Waals surface area contributed by atoms with Gasteiger partial charge in [-0.3, -0.25) is 0 Å². The van der Waals surface area contributed by atoms with Gasteiger partial charge in [0.25, 0.3) is 0 Å². The van der Waals surface area contributed by atoms with E-state index in [1.807, 2.05) is 13.0 Å². The van der Waals surface area contributed by atoms with Crippen LogP contribution in [0.25, 0.3) is 0 Å². The lowest BCUT2D eigenvalue weighted by Crippen LogP contribution is -2.30. The highest BCUT2D eigenvalue weighted by atomic mass is 19.2. The lowest BCUT2D eigenvalue weighted by atomic mass is 10.0. The summed E-state index contributed by atoms with van der Waals surface area (Å²) in [5.41, 5.74) is 3.99. The fourth-order valence-corrected chi connectivity index (χ4v) is 3.95. The number of nitrogens with one attached hydrogen (secondary N) is 1. The molecule has 1 aliphatic heterocycles. The van der Waals surface area contributed by atoms with Gasteiger partial charge in [-0.15, -0.1) is 0 Å². The Bertz CT molecular complexity index is 1100. The highest BCUT2D eigenvalue weighted by Crippen LogP contribution is 2.35. The number of rotatable bonds is 6. The van der Waals surface area contributed by atoms with Gasteiger partial charge >= 0.3 is 5.97 Å². The predicted octanol–water partition coefficient (Wildman–Crippen LogP) is 5.18. The summed E-state index contributed by atoms with van der Waals surface area (Å²) in [4.78, 5) is 17.8. The van der Waals surface area contributed by atoms with Crippen molar-refractivity contribution in [2.45, 2.75) is 32.4 Å². The summed E-state index contributed by atoms with van der Waals surface area (Å²) >= 11 is 0. The summed E-state index contributed by atoms with van der Waals surface area (Å²) in [6.07, 6.45) is 3.65. The minimum absolute atomic E-state index is 0.103. The van der Waals surface area contributed by atoms with E-state index in [1.54, 1.807) is 36.5 Å². The first kappa shape index (κ1) is 20.8. The molecular formula is C24H23F2N3O2. The molecular weight excluding hydrogens is 400 g/mol. The molecule has 1 aromatic heterocycles. The van der Waals surface area contributed by atoms with Crippen molar-refractivity contribution in [3.8, 4) is 0 Å². The lowest BCUT2D eigenvalue weighted by molar-refractivity contribution is 0.0697. The minimum atomic E-state index is -0.959. The molecule has 1 atom stereocenters. The Hall–Kier alpha value is -3.48. The van der Waals surface area contributed by atoms with Crippen LogP contribution in [0.3, 0.4) is 0 Å². The molecule has 7 heteroatoms. The number of benzene rings is 2. The molecule has 0 fully saturated rings. The molecule has 1 aliphatic rings. The SMILES string of the molecule is CC(Nc1nccc2c1N(Cc1ccc(F)c(F)c1)CCC2)c1ccc(C(=O)O)cc1. The van der Waals surface area contributed by atoms with Crippen LogP contribution in [0.2, 0.25) is 0 Å². The van der Waals surface area contributed by atoms with Gasteiger partial charge in [-0.25, -0.2) is 18.6 Å². The van der Waals surface area contributed by atoms with Crippen LogP contribution in [0.5, 0.6) is 0 Å². The highest BCUT2D eigenvalue weighted by molar-refractivity contribution is 5.87. The zero-order valence-corrected chi connectivity index (χ0v) is 17.1. The maximum absolute atomic E-state index is 13.7. The van der Waals surface area contributed by atoms with Crippen molar-refractivity contribution < 1.29 is 18.7 Å². The summed E-state index contributed by atoms with van der Waals surface area (Å²) in [6, 6.07) is 12.6. The molecule has 0 amide bonds. The van der Waals surface area contributed by atoms with Crippen LogP contribution < -0.4 is 10.2 Å². The lowest BCUT2D eigenvalue weighted by Gasteiger charge is -2.33. The highest BCUT2D eigenvalue weighted by Gasteiger charge is 2.23. The molecule has 1 unspecified atom stereocenters. The fraction of sp³-hybridized carbons (Fsp3) is 0.250. The summed E-state index contributed by atoms with van der Waals surface area (Å²) in [6.45, 7) is 3.22. The number of carboxylic acid groups (broad SMARTS) is 1. The zero-order valence-electron chi connectivity index (χ0n) is 17.1. The van der Waals surface area contributed by atoms with Crippen molar-refractivity contribution in [3.05, 3.63) is 88.6 Å². The van der Waals surface area contributed by atoms with Crippen LogP contribution in [0.1, 0.15) is 46.4 Å². The number of pyridine rings is 1. The molecule has 0 spiro atoms. The molecule has 2 aromatic carbocycles. The van der Waals surface area contributed by atoms with Gasteiger partial charge in [0.1, 0.15) is 5.82 Å². The van der Waals surface area contributed by atoms with Gasteiger partial charge in [-0.1, -0.05) is 18.2 Å². The van der Waals surface area contributed by atoms with Crippen LogP contribution in [0.4, 0.5) is 20.3 Å². The monoisotopic (exact) mass is 423 g/mol. The van der Waals surface area contributed by atoms with E-state index in [0.717, 1.165) is 48.1 Å². The summed E-state index contributed by atoms with van der Waals surface area (Å²) in [7, 11) is 0. The fourth-order valence-electron chi connectivity index (χ4n) is 3.95. The van der Waals surface area contributed by atoms with Gasteiger partial charge in [-0.2, -0.15) is 0 Å². The summed E-state index contributed by atoms with van der Waals surface area (Å²) in [5, 5.41) is 12.5. The van der Waals surface area contributed by atoms with Crippen molar-refractivity contribution in [2.24, 2.45) is 0 Å². The first-order valence-corrected chi connectivity index (χ1v) is 10.2. The third-order valence-corrected chi connectivity index (χ3v) is 5.57. The van der Waals surface area contributed by atoms with Crippen molar-refractivity contribution in [3.63, 3.8) is 0 Å². The second kappa shape index (κ2) is 8.71. The number of aromatic nitrogens is 1. The number of anilines is 2. The molecule has 0 bridgehead atoms. The molecule has 3 aromatic rings. The van der Waals surface area contributed by atoms with Gasteiger partial charge in [0.15, 0.2) is 11.6 Å². The first-order chi connectivity index (χ1) is 14.9. The van der Waals surface area contributed by atoms with Crippen molar-refractivity contribution in [1.29, 1.82) is 0 Å². The number of aromatic carboxylic acids is 1. The third-order valence-electron chi connectivity index (χ3n) is 5.57. The number of nitrogens with zero attached hydrogens (tertiary/aromatic N) is 2. The first-order valence-electron chi connectivity index (χ1n) is 10.2. The van der Waals surface area contributed by atoms with Gasteiger partial charge < -0.3 is 15.3 Å². The van der Waals surface area contributed by atoms with E-state index < -0.39 is 17.6 Å². The number of aryl methyl sites for hydroxylation is 1. The number of fused-ring (bicyclic) bond motifs is 1. The summed E-state index contributed by atoms with van der Waals surface area (Å²) < 4.78 is 27.0. The van der Waals surface area contributed by atoms with E-state index in [9.17, 15) is 13.6 Å². The van der Waals surface area contributed by atoms with Gasteiger partial charge in [0, 0.05) is 19.3 Å². The molecule has 2 N–H and O–H groups in total. The Labute approximate surface area is 179 Å². The van der Waals surface area contributed by atoms with E-state index in [1.165, 1.54) is 6.07 Å². The smallest absolute Gasteiger partial charge is 0.335 e. The summed E-state index contributed by atoms with van der Waals surface area (Å²) in [5.74, 6) is -1.94. The Balaban J connectivity index is 1.59. The Kier molecular flexibility index (Phi) is 5.84. The molecule has 0 saturated carbocycles. The van der Waals surface area contributed by atoms with E-state index in [4.69, 9.17) is 5.11 Å². The number of halogens is 2. The topological polar surface area (TPSA) is 65.5 Å². The quantitative estimate of drug-likeness (QED) is 0.572. The van der Waals surface area contributed by atoms with Crippen LogP contribution >= 0.6 is 0 Å². The number of carboxylic acids is 1. The second-order valence-corrected chi connectivity index (χ2v) is 7.73. The standard InChI is InChI=1S/C24H23F2N3O2/c1-15(17-5-7-19(8-6-17)24(30)31)28-23-22-18(10-11-27-23)3-2-12-29(22)14-16-4-9-20(25)21(26)13-16/h4-11,13,15H,2-3,12,14H2,1H3,(H,27,28)(H,30,31). The van der Waals surface area contributed by atoms with E-state index in [0.29, 0.717) is 12.1 Å².